The number of aliphatic imine (C=N–C) groups is 2. The summed E-state index contributed by atoms with van der Waals surface area (Å²) in [4.78, 5) is 27.1. The standard InChI is InChI=1S/C36H28N6/c1-25-11-15-37-33(19-25)35-21-27(13-17-39-35)23-41-31-7-3-29(4-8-31)30-5-9-32(10-6-30)42-24-28-14-18-40-36(22-28)34-20-26(2)12-16-38-34/h3-24H,1-2H3. The lowest BCUT2D eigenvalue weighted by Crippen LogP contribution is -1.90. The minimum Gasteiger partial charge on any atom is -0.256 e. The predicted octanol–water partition coefficient (Wildman–Crippen LogP) is 8.39. The number of aryl methyl sites for hydroxylation is 2. The van der Waals surface area contributed by atoms with Gasteiger partial charge in [0.05, 0.1) is 34.2 Å². The topological polar surface area (TPSA) is 76.3 Å². The fraction of sp³-hybridized carbons (Fsp3) is 0.0556. The first-order valence-electron chi connectivity index (χ1n) is 13.7. The molecule has 0 saturated heterocycles. The third-order valence-electron chi connectivity index (χ3n) is 6.72. The van der Waals surface area contributed by atoms with Crippen molar-refractivity contribution in [1.29, 1.82) is 0 Å². The lowest BCUT2D eigenvalue weighted by atomic mass is 10.1. The van der Waals surface area contributed by atoms with Crippen molar-refractivity contribution in [2.24, 2.45) is 9.98 Å². The van der Waals surface area contributed by atoms with Gasteiger partial charge >= 0.3 is 0 Å². The van der Waals surface area contributed by atoms with E-state index < -0.39 is 0 Å². The summed E-state index contributed by atoms with van der Waals surface area (Å²) in [6.07, 6.45) is 10.9. The molecule has 0 spiro atoms. The van der Waals surface area contributed by atoms with E-state index in [0.29, 0.717) is 0 Å². The number of hydrogen-bond donors (Lipinski definition) is 0. The van der Waals surface area contributed by atoms with Crippen molar-refractivity contribution in [2.45, 2.75) is 13.8 Å². The van der Waals surface area contributed by atoms with Crippen molar-refractivity contribution in [3.63, 3.8) is 0 Å². The normalized spacial score (nSPS) is 11.4. The van der Waals surface area contributed by atoms with Crippen LogP contribution in [0.2, 0.25) is 0 Å². The smallest absolute Gasteiger partial charge is 0.0892 e. The van der Waals surface area contributed by atoms with Gasteiger partial charge in [-0.05, 0) is 120 Å². The molecule has 6 heteroatoms. The van der Waals surface area contributed by atoms with Crippen LogP contribution in [-0.2, 0) is 0 Å². The first-order chi connectivity index (χ1) is 20.6. The zero-order chi connectivity index (χ0) is 28.7. The molecular weight excluding hydrogens is 516 g/mol. The summed E-state index contributed by atoms with van der Waals surface area (Å²) in [6, 6.07) is 32.3. The quantitative estimate of drug-likeness (QED) is 0.189. The number of hydrogen-bond acceptors (Lipinski definition) is 6. The molecule has 6 nitrogen and oxygen atoms in total. The molecule has 0 unspecified atom stereocenters. The van der Waals surface area contributed by atoms with Crippen LogP contribution in [0.15, 0.2) is 132 Å². The molecule has 0 N–H and O–H groups in total. The Bertz CT molecular complexity index is 1750. The molecule has 6 rings (SSSR count). The van der Waals surface area contributed by atoms with Gasteiger partial charge < -0.3 is 0 Å². The van der Waals surface area contributed by atoms with E-state index in [2.05, 4.69) is 54.2 Å². The van der Waals surface area contributed by atoms with Crippen molar-refractivity contribution in [1.82, 2.24) is 19.9 Å². The van der Waals surface area contributed by atoms with Gasteiger partial charge in [-0.3, -0.25) is 29.9 Å². The highest BCUT2D eigenvalue weighted by molar-refractivity contribution is 5.84. The van der Waals surface area contributed by atoms with E-state index in [1.54, 1.807) is 24.8 Å². The summed E-state index contributed by atoms with van der Waals surface area (Å²) >= 11 is 0. The van der Waals surface area contributed by atoms with E-state index in [-0.39, 0.29) is 0 Å². The van der Waals surface area contributed by atoms with Gasteiger partial charge in [0.1, 0.15) is 0 Å². The van der Waals surface area contributed by atoms with Crippen molar-refractivity contribution >= 4 is 23.8 Å². The van der Waals surface area contributed by atoms with Crippen molar-refractivity contribution in [2.75, 3.05) is 0 Å². The fourth-order valence-corrected chi connectivity index (χ4v) is 4.47. The Labute approximate surface area is 245 Å². The van der Waals surface area contributed by atoms with Crippen LogP contribution < -0.4 is 0 Å². The second kappa shape index (κ2) is 12.3. The van der Waals surface area contributed by atoms with Gasteiger partial charge in [-0.1, -0.05) is 24.3 Å². The average molecular weight is 545 g/mol. The summed E-state index contributed by atoms with van der Waals surface area (Å²) in [6.45, 7) is 4.10. The van der Waals surface area contributed by atoms with Gasteiger partial charge in [0.15, 0.2) is 0 Å². The number of nitrogens with zero attached hydrogens (tertiary/aromatic N) is 6. The van der Waals surface area contributed by atoms with E-state index in [1.807, 2.05) is 99.1 Å². The first kappa shape index (κ1) is 26.6. The third-order valence-corrected chi connectivity index (χ3v) is 6.72. The van der Waals surface area contributed by atoms with E-state index in [0.717, 1.165) is 67.5 Å². The molecule has 4 aromatic heterocycles. The minimum absolute atomic E-state index is 0.830. The van der Waals surface area contributed by atoms with Crippen LogP contribution in [0, 0.1) is 13.8 Å². The molecule has 2 aromatic carbocycles. The van der Waals surface area contributed by atoms with Gasteiger partial charge in [0.25, 0.3) is 0 Å². The summed E-state index contributed by atoms with van der Waals surface area (Å²) in [7, 11) is 0. The zero-order valence-electron chi connectivity index (χ0n) is 23.4. The first-order valence-corrected chi connectivity index (χ1v) is 13.7. The molecule has 0 aliphatic rings. The highest BCUT2D eigenvalue weighted by Crippen LogP contribution is 2.25. The Morgan fingerprint density at radius 1 is 0.429 bits per heavy atom. The molecule has 0 saturated carbocycles. The highest BCUT2D eigenvalue weighted by atomic mass is 14.8. The van der Waals surface area contributed by atoms with Crippen molar-refractivity contribution in [3.05, 3.63) is 144 Å². The maximum Gasteiger partial charge on any atom is 0.0892 e. The number of rotatable bonds is 7. The molecular formula is C36H28N6. The molecule has 42 heavy (non-hydrogen) atoms. The molecule has 0 atom stereocenters. The molecule has 0 fully saturated rings. The van der Waals surface area contributed by atoms with E-state index in [9.17, 15) is 0 Å². The third kappa shape index (κ3) is 6.57. The van der Waals surface area contributed by atoms with E-state index in [1.165, 1.54) is 0 Å². The van der Waals surface area contributed by atoms with Gasteiger partial charge in [-0.15, -0.1) is 0 Å². The van der Waals surface area contributed by atoms with Gasteiger partial charge in [-0.2, -0.15) is 0 Å². The van der Waals surface area contributed by atoms with E-state index in [4.69, 9.17) is 0 Å². The molecule has 6 aromatic rings. The number of aromatic nitrogens is 4. The summed E-state index contributed by atoms with van der Waals surface area (Å²) in [5, 5.41) is 0. The van der Waals surface area contributed by atoms with Crippen molar-refractivity contribution < 1.29 is 0 Å². The summed E-state index contributed by atoms with van der Waals surface area (Å²) in [5.74, 6) is 0. The van der Waals surface area contributed by atoms with Crippen LogP contribution >= 0.6 is 0 Å². The minimum atomic E-state index is 0.830. The summed E-state index contributed by atoms with van der Waals surface area (Å²) < 4.78 is 0. The maximum absolute atomic E-state index is 4.66. The Kier molecular flexibility index (Phi) is 7.77. The molecule has 0 radical (unpaired) electrons. The highest BCUT2D eigenvalue weighted by Gasteiger charge is 2.04. The maximum atomic E-state index is 4.66. The SMILES string of the molecule is Cc1ccnc(-c2cc(C=Nc3ccc(-c4ccc(N=Cc5ccnc(-c6cc(C)ccn6)c5)cc4)cc3)ccn2)c1. The molecule has 0 aliphatic heterocycles. The second-order valence-electron chi connectivity index (χ2n) is 10.00. The Morgan fingerprint density at radius 3 is 1.17 bits per heavy atom. The van der Waals surface area contributed by atoms with Gasteiger partial charge in [0.2, 0.25) is 0 Å². The average Bonchev–Trinajstić information content (AvgIpc) is 3.04. The Balaban J connectivity index is 1.11. The number of pyridine rings is 4. The van der Waals surface area contributed by atoms with Crippen LogP contribution in [0.1, 0.15) is 22.3 Å². The second-order valence-corrected chi connectivity index (χ2v) is 10.00. The van der Waals surface area contributed by atoms with Crippen LogP contribution in [-0.4, -0.2) is 32.4 Å². The van der Waals surface area contributed by atoms with Crippen LogP contribution in [0.3, 0.4) is 0 Å². The molecule has 4 heterocycles. The molecule has 202 valence electrons. The zero-order valence-corrected chi connectivity index (χ0v) is 23.4. The predicted molar refractivity (Wildman–Crippen MR) is 171 cm³/mol. The van der Waals surface area contributed by atoms with Crippen molar-refractivity contribution in [3.8, 4) is 33.9 Å². The Hall–Kier alpha value is -5.62. The lowest BCUT2D eigenvalue weighted by Gasteiger charge is -2.04. The largest absolute Gasteiger partial charge is 0.256 e. The van der Waals surface area contributed by atoms with Gasteiger partial charge in [0, 0.05) is 37.2 Å². The summed E-state index contributed by atoms with van der Waals surface area (Å²) in [5.41, 5.74) is 11.6. The monoisotopic (exact) mass is 544 g/mol. The van der Waals surface area contributed by atoms with E-state index >= 15 is 0 Å². The van der Waals surface area contributed by atoms with Crippen LogP contribution in [0.5, 0.6) is 0 Å². The molecule has 0 bridgehead atoms. The van der Waals surface area contributed by atoms with Gasteiger partial charge in [-0.25, -0.2) is 0 Å². The lowest BCUT2D eigenvalue weighted by molar-refractivity contribution is 1.23. The van der Waals surface area contributed by atoms with Crippen LogP contribution in [0.4, 0.5) is 11.4 Å². The molecule has 0 amide bonds. The fourth-order valence-electron chi connectivity index (χ4n) is 4.47. The Morgan fingerprint density at radius 2 is 0.786 bits per heavy atom. The van der Waals surface area contributed by atoms with Crippen LogP contribution in [0.25, 0.3) is 33.9 Å². The number of benzene rings is 2. The molecule has 0 aliphatic carbocycles.